The van der Waals surface area contributed by atoms with Crippen molar-refractivity contribution in [2.75, 3.05) is 0 Å². The molecule has 1 N–H and O–H groups in total. The van der Waals surface area contributed by atoms with Crippen LogP contribution in [-0.4, -0.2) is 17.8 Å². The van der Waals surface area contributed by atoms with Crippen molar-refractivity contribution < 1.29 is 27.5 Å². The highest BCUT2D eigenvalue weighted by Crippen LogP contribution is 2.46. The molecule has 0 aliphatic heterocycles. The quantitative estimate of drug-likeness (QED) is 0.827. The first-order chi connectivity index (χ1) is 13.3. The van der Waals surface area contributed by atoms with Crippen LogP contribution in [0.1, 0.15) is 48.0 Å². The molecule has 0 heterocycles. The van der Waals surface area contributed by atoms with E-state index in [9.17, 15) is 22.8 Å². The molecule has 148 valence electrons. The first-order valence-electron chi connectivity index (χ1n) is 9.40. The van der Waals surface area contributed by atoms with Crippen LogP contribution in [0.25, 0.3) is 0 Å². The van der Waals surface area contributed by atoms with Crippen molar-refractivity contribution in [3.05, 3.63) is 53.3 Å². The predicted octanol–water partition coefficient (Wildman–Crippen LogP) is 4.42. The zero-order valence-electron chi connectivity index (χ0n) is 15.1. The van der Waals surface area contributed by atoms with Crippen molar-refractivity contribution in [2.45, 2.75) is 44.4 Å². The van der Waals surface area contributed by atoms with Gasteiger partial charge in [0.15, 0.2) is 5.78 Å². The third kappa shape index (κ3) is 3.84. The van der Waals surface area contributed by atoms with Crippen molar-refractivity contribution in [3.8, 4) is 5.75 Å². The van der Waals surface area contributed by atoms with Gasteiger partial charge in [-0.25, -0.2) is 0 Å². The zero-order chi connectivity index (χ0) is 19.9. The van der Waals surface area contributed by atoms with E-state index >= 15 is 0 Å². The first kappa shape index (κ1) is 18.8. The lowest BCUT2D eigenvalue weighted by Gasteiger charge is -2.25. The number of halogens is 3. The van der Waals surface area contributed by atoms with Gasteiger partial charge in [-0.3, -0.25) is 9.59 Å². The van der Waals surface area contributed by atoms with Crippen LogP contribution < -0.4 is 10.1 Å². The van der Waals surface area contributed by atoms with Crippen molar-refractivity contribution >= 4 is 11.7 Å². The van der Waals surface area contributed by atoms with E-state index < -0.39 is 17.6 Å². The fourth-order valence-electron chi connectivity index (χ4n) is 4.34. The van der Waals surface area contributed by atoms with Gasteiger partial charge in [-0.15, -0.1) is 0 Å². The van der Waals surface area contributed by atoms with Crippen molar-refractivity contribution in [1.29, 1.82) is 0 Å². The predicted molar refractivity (Wildman–Crippen MR) is 95.6 cm³/mol. The highest BCUT2D eigenvalue weighted by atomic mass is 19.4. The summed E-state index contributed by atoms with van der Waals surface area (Å²) in [6.45, 7) is 0. The minimum absolute atomic E-state index is 0.0306. The molecule has 1 aromatic rings. The van der Waals surface area contributed by atoms with E-state index in [1.807, 2.05) is 0 Å². The van der Waals surface area contributed by atoms with Crippen LogP contribution in [0.3, 0.4) is 0 Å². The second-order valence-corrected chi connectivity index (χ2v) is 7.67. The topological polar surface area (TPSA) is 55.4 Å². The Labute approximate surface area is 160 Å². The third-order valence-corrected chi connectivity index (χ3v) is 5.70. The Morgan fingerprint density at radius 3 is 2.64 bits per heavy atom. The summed E-state index contributed by atoms with van der Waals surface area (Å²) >= 11 is 0. The number of nitrogens with one attached hydrogen (secondary N) is 1. The van der Waals surface area contributed by atoms with Gasteiger partial charge in [-0.1, -0.05) is 6.08 Å². The van der Waals surface area contributed by atoms with Gasteiger partial charge in [0.1, 0.15) is 11.9 Å². The molecule has 3 atom stereocenters. The fourth-order valence-corrected chi connectivity index (χ4v) is 4.34. The number of carbonyl (C=O) groups excluding carboxylic acids is 2. The van der Waals surface area contributed by atoms with Gasteiger partial charge < -0.3 is 10.1 Å². The number of rotatable bonds is 4. The minimum atomic E-state index is -4.52. The van der Waals surface area contributed by atoms with E-state index in [1.54, 1.807) is 12.2 Å². The molecule has 1 aromatic carbocycles. The maximum absolute atomic E-state index is 13.2. The molecule has 3 aliphatic carbocycles. The Kier molecular flexibility index (Phi) is 4.77. The van der Waals surface area contributed by atoms with E-state index in [1.165, 1.54) is 6.08 Å². The molecule has 4 nitrogen and oxygen atoms in total. The number of hydrogen-bond acceptors (Lipinski definition) is 3. The normalized spacial score (nSPS) is 26.3. The number of benzene rings is 1. The van der Waals surface area contributed by atoms with Crippen LogP contribution in [0.4, 0.5) is 13.2 Å². The molecule has 2 saturated carbocycles. The average molecular weight is 391 g/mol. The van der Waals surface area contributed by atoms with Gasteiger partial charge in [-0.2, -0.15) is 13.2 Å². The number of carbonyl (C=O) groups is 2. The SMILES string of the molecule is O=C1C=C(NC(=O)c2ccc(C(F)(F)F)cc2OC2C[C@H]3CCC2C3)C=CC1. The molecule has 3 aliphatic rings. The Bertz CT molecular complexity index is 872. The molecular weight excluding hydrogens is 371 g/mol. The molecule has 4 rings (SSSR count). The summed E-state index contributed by atoms with van der Waals surface area (Å²) in [6, 6.07) is 2.91. The van der Waals surface area contributed by atoms with Gasteiger partial charge >= 0.3 is 6.18 Å². The van der Waals surface area contributed by atoms with Crippen molar-refractivity contribution in [3.63, 3.8) is 0 Å². The third-order valence-electron chi connectivity index (χ3n) is 5.70. The molecule has 1 amide bonds. The van der Waals surface area contributed by atoms with Gasteiger partial charge in [0.2, 0.25) is 0 Å². The summed E-state index contributed by atoms with van der Waals surface area (Å²) in [5, 5.41) is 2.58. The summed E-state index contributed by atoms with van der Waals surface area (Å²) in [6.07, 6.45) is 4.08. The second kappa shape index (κ2) is 7.11. The lowest BCUT2D eigenvalue weighted by Crippen LogP contribution is -2.27. The van der Waals surface area contributed by atoms with Crippen molar-refractivity contribution in [1.82, 2.24) is 5.32 Å². The molecule has 0 spiro atoms. The zero-order valence-corrected chi connectivity index (χ0v) is 15.1. The molecule has 28 heavy (non-hydrogen) atoms. The molecular formula is C21H20F3NO3. The average Bonchev–Trinajstić information content (AvgIpc) is 3.24. The Morgan fingerprint density at radius 2 is 2.00 bits per heavy atom. The first-order valence-corrected chi connectivity index (χ1v) is 9.40. The summed E-state index contributed by atoms with van der Waals surface area (Å²) < 4.78 is 45.4. The summed E-state index contributed by atoms with van der Waals surface area (Å²) in [7, 11) is 0. The van der Waals surface area contributed by atoms with Crippen LogP contribution in [0.2, 0.25) is 0 Å². The lowest BCUT2D eigenvalue weighted by atomic mass is 9.97. The molecule has 0 aromatic heterocycles. The lowest BCUT2D eigenvalue weighted by molar-refractivity contribution is -0.137. The standard InChI is InChI=1S/C21H20F3NO3/c22-21(23,24)14-6-7-17(20(27)25-15-2-1-3-16(26)11-15)19(10-14)28-18-9-12-4-5-13(18)8-12/h1-2,6-7,10-13,18H,3-5,8-9H2,(H,25,27)/t12-,13?,18?/m0/s1. The minimum Gasteiger partial charge on any atom is -0.489 e. The van der Waals surface area contributed by atoms with Gasteiger partial charge in [0.05, 0.1) is 11.1 Å². The molecule has 2 unspecified atom stereocenters. The number of hydrogen-bond donors (Lipinski definition) is 1. The number of allylic oxidation sites excluding steroid dienone is 3. The fraction of sp³-hybridized carbons (Fsp3) is 0.429. The highest BCUT2D eigenvalue weighted by Gasteiger charge is 2.41. The van der Waals surface area contributed by atoms with Crippen LogP contribution >= 0.6 is 0 Å². The van der Waals surface area contributed by atoms with E-state index in [-0.39, 0.29) is 29.6 Å². The molecule has 7 heteroatoms. The van der Waals surface area contributed by atoms with Crippen LogP contribution in [0.15, 0.2) is 42.1 Å². The summed E-state index contributed by atoms with van der Waals surface area (Å²) in [5.41, 5.74) is -0.510. The number of amides is 1. The maximum atomic E-state index is 13.2. The molecule has 0 radical (unpaired) electrons. The van der Waals surface area contributed by atoms with Crippen molar-refractivity contribution in [2.24, 2.45) is 11.8 Å². The van der Waals surface area contributed by atoms with Crippen LogP contribution in [0.5, 0.6) is 5.75 Å². The highest BCUT2D eigenvalue weighted by molar-refractivity contribution is 6.00. The number of ketones is 1. The van der Waals surface area contributed by atoms with E-state index in [0.717, 1.165) is 43.9 Å². The summed E-state index contributed by atoms with van der Waals surface area (Å²) in [4.78, 5) is 24.2. The van der Waals surface area contributed by atoms with Gasteiger partial charge in [-0.05, 0) is 61.8 Å². The Balaban J connectivity index is 1.60. The van der Waals surface area contributed by atoms with E-state index in [4.69, 9.17) is 4.74 Å². The smallest absolute Gasteiger partial charge is 0.416 e. The molecule has 2 bridgehead atoms. The largest absolute Gasteiger partial charge is 0.489 e. The van der Waals surface area contributed by atoms with Gasteiger partial charge in [0, 0.05) is 18.2 Å². The summed E-state index contributed by atoms with van der Waals surface area (Å²) in [5.74, 6) is 0.0800. The monoisotopic (exact) mass is 391 g/mol. The number of alkyl halides is 3. The number of fused-ring (bicyclic) bond motifs is 2. The Hall–Kier alpha value is -2.57. The number of ether oxygens (including phenoxy) is 1. The van der Waals surface area contributed by atoms with E-state index in [0.29, 0.717) is 17.5 Å². The van der Waals surface area contributed by atoms with E-state index in [2.05, 4.69) is 5.32 Å². The van der Waals surface area contributed by atoms with Crippen LogP contribution in [-0.2, 0) is 11.0 Å². The maximum Gasteiger partial charge on any atom is 0.416 e. The Morgan fingerprint density at radius 1 is 1.18 bits per heavy atom. The molecule has 2 fully saturated rings. The molecule has 0 saturated heterocycles. The van der Waals surface area contributed by atoms with Crippen LogP contribution in [0, 0.1) is 11.8 Å². The second-order valence-electron chi connectivity index (χ2n) is 7.67. The van der Waals surface area contributed by atoms with Gasteiger partial charge in [0.25, 0.3) is 5.91 Å².